The Morgan fingerprint density at radius 1 is 1.46 bits per heavy atom. The van der Waals surface area contributed by atoms with Gasteiger partial charge in [0, 0.05) is 24.9 Å². The molecule has 1 heterocycles. The molecule has 13 heavy (non-hydrogen) atoms. The van der Waals surface area contributed by atoms with Crippen LogP contribution in [0.1, 0.15) is 25.7 Å². The van der Waals surface area contributed by atoms with Gasteiger partial charge < -0.3 is 10.6 Å². The lowest BCUT2D eigenvalue weighted by Gasteiger charge is -2.36. The van der Waals surface area contributed by atoms with Crippen molar-refractivity contribution >= 4 is 5.91 Å². The van der Waals surface area contributed by atoms with Gasteiger partial charge in [0.1, 0.15) is 0 Å². The Balaban J connectivity index is 1.91. The maximum Gasteiger partial charge on any atom is 0.220 e. The zero-order valence-corrected chi connectivity index (χ0v) is 8.18. The number of carbonyl (C=O) groups is 1. The predicted molar refractivity (Wildman–Crippen MR) is 51.3 cm³/mol. The number of rotatable bonds is 3. The minimum absolute atomic E-state index is 0.226. The second-order valence-corrected chi connectivity index (χ2v) is 4.27. The first-order valence-corrected chi connectivity index (χ1v) is 5.25. The van der Waals surface area contributed by atoms with Crippen LogP contribution in [0.5, 0.6) is 0 Å². The van der Waals surface area contributed by atoms with E-state index >= 15 is 0 Å². The fourth-order valence-corrected chi connectivity index (χ4v) is 2.54. The molecule has 0 spiro atoms. The summed E-state index contributed by atoms with van der Waals surface area (Å²) in [6.45, 7) is 0.876. The highest BCUT2D eigenvalue weighted by Crippen LogP contribution is 2.34. The van der Waals surface area contributed by atoms with Crippen LogP contribution in [-0.2, 0) is 4.79 Å². The van der Waals surface area contributed by atoms with E-state index < -0.39 is 0 Å². The van der Waals surface area contributed by atoms with Crippen molar-refractivity contribution in [3.63, 3.8) is 0 Å². The molecule has 2 fully saturated rings. The lowest BCUT2D eigenvalue weighted by molar-refractivity contribution is -0.119. The Kier molecular flexibility index (Phi) is 2.54. The molecule has 0 bridgehead atoms. The third-order valence-electron chi connectivity index (χ3n) is 3.51. The molecule has 0 aromatic carbocycles. The van der Waals surface area contributed by atoms with Gasteiger partial charge in [-0.2, -0.15) is 0 Å². The van der Waals surface area contributed by atoms with Crippen molar-refractivity contribution < 1.29 is 4.79 Å². The summed E-state index contributed by atoms with van der Waals surface area (Å²) >= 11 is 0. The average Bonchev–Trinajstić information content (AvgIpc) is 2.43. The number of carbonyl (C=O) groups excluding carboxylic acids is 1. The molecule has 74 valence electrons. The fraction of sp³-hybridized carbons (Fsp3) is 0.900. The number of amides is 1. The Bertz CT molecular complexity index is 201. The number of hydrogen-bond acceptors (Lipinski definition) is 2. The standard InChI is InChI=1S/C10H18N2O/c1-11-10(7-3-2-4-7)8-5-9(13)12-6-8/h7-8,10-11H,2-6H2,1H3,(H,12,13). The molecule has 3 heteroatoms. The third-order valence-corrected chi connectivity index (χ3v) is 3.51. The lowest BCUT2D eigenvalue weighted by atomic mass is 9.74. The van der Waals surface area contributed by atoms with Crippen LogP contribution in [0.3, 0.4) is 0 Å². The summed E-state index contributed by atoms with van der Waals surface area (Å²) in [5, 5.41) is 6.28. The monoisotopic (exact) mass is 182 g/mol. The first-order valence-electron chi connectivity index (χ1n) is 5.25. The van der Waals surface area contributed by atoms with Crippen LogP contribution in [-0.4, -0.2) is 25.5 Å². The van der Waals surface area contributed by atoms with Crippen LogP contribution in [0.4, 0.5) is 0 Å². The summed E-state index contributed by atoms with van der Waals surface area (Å²) in [7, 11) is 2.02. The number of nitrogens with one attached hydrogen (secondary N) is 2. The predicted octanol–water partition coefficient (Wildman–Crippen LogP) is 0.511. The van der Waals surface area contributed by atoms with Crippen molar-refractivity contribution in [1.82, 2.24) is 10.6 Å². The van der Waals surface area contributed by atoms with Crippen molar-refractivity contribution in [2.75, 3.05) is 13.6 Å². The maximum atomic E-state index is 11.1. The van der Waals surface area contributed by atoms with Gasteiger partial charge in [-0.25, -0.2) is 0 Å². The van der Waals surface area contributed by atoms with Gasteiger partial charge in [0.2, 0.25) is 5.91 Å². The van der Waals surface area contributed by atoms with Crippen molar-refractivity contribution in [3.05, 3.63) is 0 Å². The minimum atomic E-state index is 0.226. The Hall–Kier alpha value is -0.570. The summed E-state index contributed by atoms with van der Waals surface area (Å²) in [5.74, 6) is 1.58. The van der Waals surface area contributed by atoms with Crippen LogP contribution in [0.2, 0.25) is 0 Å². The normalized spacial score (nSPS) is 31.2. The average molecular weight is 182 g/mol. The van der Waals surface area contributed by atoms with Crippen molar-refractivity contribution in [2.45, 2.75) is 31.7 Å². The second-order valence-electron chi connectivity index (χ2n) is 4.27. The molecule has 1 aliphatic heterocycles. The highest BCUT2D eigenvalue weighted by Gasteiger charge is 2.35. The van der Waals surface area contributed by atoms with Crippen molar-refractivity contribution in [1.29, 1.82) is 0 Å². The highest BCUT2D eigenvalue weighted by atomic mass is 16.1. The van der Waals surface area contributed by atoms with E-state index in [1.54, 1.807) is 0 Å². The van der Waals surface area contributed by atoms with E-state index in [2.05, 4.69) is 10.6 Å². The van der Waals surface area contributed by atoms with Crippen LogP contribution in [0.15, 0.2) is 0 Å². The van der Waals surface area contributed by atoms with Gasteiger partial charge in [-0.1, -0.05) is 6.42 Å². The van der Waals surface area contributed by atoms with E-state index in [9.17, 15) is 4.79 Å². The van der Waals surface area contributed by atoms with Gasteiger partial charge in [-0.3, -0.25) is 4.79 Å². The van der Waals surface area contributed by atoms with Crippen LogP contribution >= 0.6 is 0 Å². The Morgan fingerprint density at radius 3 is 2.62 bits per heavy atom. The minimum Gasteiger partial charge on any atom is -0.356 e. The molecule has 1 saturated carbocycles. The third kappa shape index (κ3) is 1.70. The van der Waals surface area contributed by atoms with Crippen LogP contribution in [0.25, 0.3) is 0 Å². The summed E-state index contributed by atoms with van der Waals surface area (Å²) in [4.78, 5) is 11.1. The molecule has 0 aromatic rings. The van der Waals surface area contributed by atoms with Gasteiger partial charge in [0.05, 0.1) is 0 Å². The molecule has 0 radical (unpaired) electrons. The van der Waals surface area contributed by atoms with Crippen molar-refractivity contribution in [2.24, 2.45) is 11.8 Å². The molecular weight excluding hydrogens is 164 g/mol. The molecule has 1 amide bonds. The summed E-state index contributed by atoms with van der Waals surface area (Å²) in [6.07, 6.45) is 4.78. The molecule has 1 aliphatic carbocycles. The first-order chi connectivity index (χ1) is 6.31. The lowest BCUT2D eigenvalue weighted by Crippen LogP contribution is -2.43. The topological polar surface area (TPSA) is 41.1 Å². The fourth-order valence-electron chi connectivity index (χ4n) is 2.54. The summed E-state index contributed by atoms with van der Waals surface area (Å²) < 4.78 is 0. The highest BCUT2D eigenvalue weighted by molar-refractivity contribution is 5.78. The summed E-state index contributed by atoms with van der Waals surface area (Å²) in [6, 6.07) is 0.563. The molecule has 1 saturated heterocycles. The summed E-state index contributed by atoms with van der Waals surface area (Å²) in [5.41, 5.74) is 0. The second kappa shape index (κ2) is 3.66. The van der Waals surface area contributed by atoms with E-state index in [-0.39, 0.29) is 5.91 Å². The Morgan fingerprint density at radius 2 is 2.23 bits per heavy atom. The molecule has 2 atom stereocenters. The first kappa shape index (κ1) is 9.00. The van der Waals surface area contributed by atoms with Crippen LogP contribution < -0.4 is 10.6 Å². The van der Waals surface area contributed by atoms with E-state index in [0.717, 1.165) is 18.9 Å². The molecule has 2 unspecified atom stereocenters. The maximum absolute atomic E-state index is 11.1. The van der Waals surface area contributed by atoms with Gasteiger partial charge in [-0.15, -0.1) is 0 Å². The molecule has 2 rings (SSSR count). The van der Waals surface area contributed by atoms with Gasteiger partial charge in [0.25, 0.3) is 0 Å². The van der Waals surface area contributed by atoms with E-state index in [1.165, 1.54) is 19.3 Å². The quantitative estimate of drug-likeness (QED) is 0.667. The molecule has 2 N–H and O–H groups in total. The molecular formula is C10H18N2O. The zero-order valence-electron chi connectivity index (χ0n) is 8.18. The van der Waals surface area contributed by atoms with E-state index in [1.807, 2.05) is 7.05 Å². The molecule has 3 nitrogen and oxygen atoms in total. The Labute approximate surface area is 79.3 Å². The molecule has 0 aromatic heterocycles. The van der Waals surface area contributed by atoms with Gasteiger partial charge >= 0.3 is 0 Å². The SMILES string of the molecule is CNC(C1CCC1)C1CNC(=O)C1. The van der Waals surface area contributed by atoms with Crippen LogP contribution in [0, 0.1) is 11.8 Å². The molecule has 2 aliphatic rings. The van der Waals surface area contributed by atoms with Gasteiger partial charge in [-0.05, 0) is 25.8 Å². The van der Waals surface area contributed by atoms with Gasteiger partial charge in [0.15, 0.2) is 0 Å². The van der Waals surface area contributed by atoms with Crippen molar-refractivity contribution in [3.8, 4) is 0 Å². The van der Waals surface area contributed by atoms with E-state index in [0.29, 0.717) is 12.0 Å². The largest absolute Gasteiger partial charge is 0.356 e. The number of hydrogen-bond donors (Lipinski definition) is 2. The zero-order chi connectivity index (χ0) is 9.26. The van der Waals surface area contributed by atoms with E-state index in [4.69, 9.17) is 0 Å². The smallest absolute Gasteiger partial charge is 0.220 e.